The standard InChI is InChI=1S/C15H16N2O3/c1-19-15-12(9-18)13(17-16)7-8-14(15)20-10-11-5-3-2-4-6-11/h2-8,13,17H,10,16H2,1H3. The minimum absolute atomic E-state index is 0.292. The van der Waals surface area contributed by atoms with Gasteiger partial charge in [-0.3, -0.25) is 5.84 Å². The SMILES string of the molecule is COC1=C(OCc2ccccc2)C=CC(NN)C1=C=O. The van der Waals surface area contributed by atoms with Gasteiger partial charge in [-0.05, 0) is 11.6 Å². The number of hydrazine groups is 1. The maximum absolute atomic E-state index is 11.1. The quantitative estimate of drug-likeness (QED) is 0.479. The second-order valence-electron chi connectivity index (χ2n) is 4.19. The molecule has 1 unspecified atom stereocenters. The molecule has 0 radical (unpaired) electrons. The second-order valence-corrected chi connectivity index (χ2v) is 4.19. The van der Waals surface area contributed by atoms with Crippen LogP contribution in [0.25, 0.3) is 0 Å². The maximum atomic E-state index is 11.1. The van der Waals surface area contributed by atoms with Gasteiger partial charge in [0, 0.05) is 0 Å². The Kier molecular flexibility index (Phi) is 4.74. The smallest absolute Gasteiger partial charge is 0.176 e. The fourth-order valence-corrected chi connectivity index (χ4v) is 1.94. The Labute approximate surface area is 117 Å². The molecule has 3 N–H and O–H groups in total. The lowest BCUT2D eigenvalue weighted by Crippen LogP contribution is -2.37. The van der Waals surface area contributed by atoms with Crippen molar-refractivity contribution in [3.8, 4) is 0 Å². The van der Waals surface area contributed by atoms with Crippen LogP contribution in [0.3, 0.4) is 0 Å². The molecule has 1 aliphatic carbocycles. The number of hydrogen-bond donors (Lipinski definition) is 2. The highest BCUT2D eigenvalue weighted by atomic mass is 16.5. The lowest BCUT2D eigenvalue weighted by atomic mass is 10.0. The topological polar surface area (TPSA) is 73.6 Å². The molecule has 0 saturated heterocycles. The van der Waals surface area contributed by atoms with Crippen molar-refractivity contribution in [1.29, 1.82) is 0 Å². The van der Waals surface area contributed by atoms with Crippen LogP contribution in [-0.4, -0.2) is 19.1 Å². The highest BCUT2D eigenvalue weighted by Crippen LogP contribution is 2.25. The zero-order chi connectivity index (χ0) is 14.4. The van der Waals surface area contributed by atoms with Crippen molar-refractivity contribution in [1.82, 2.24) is 5.43 Å². The molecule has 0 aromatic heterocycles. The van der Waals surface area contributed by atoms with E-state index >= 15 is 0 Å². The summed E-state index contributed by atoms with van der Waals surface area (Å²) in [7, 11) is 1.48. The second kappa shape index (κ2) is 6.73. The first kappa shape index (κ1) is 14.1. The van der Waals surface area contributed by atoms with E-state index in [4.69, 9.17) is 15.3 Å². The summed E-state index contributed by atoms with van der Waals surface area (Å²) in [5, 5.41) is 0. The van der Waals surface area contributed by atoms with E-state index in [9.17, 15) is 4.79 Å². The van der Waals surface area contributed by atoms with Gasteiger partial charge in [-0.25, -0.2) is 10.2 Å². The number of hydrogen-bond acceptors (Lipinski definition) is 5. The number of rotatable bonds is 5. The maximum Gasteiger partial charge on any atom is 0.176 e. The van der Waals surface area contributed by atoms with Crippen molar-refractivity contribution >= 4 is 5.94 Å². The van der Waals surface area contributed by atoms with Gasteiger partial charge < -0.3 is 9.47 Å². The first-order chi connectivity index (χ1) is 9.80. The van der Waals surface area contributed by atoms with Gasteiger partial charge >= 0.3 is 0 Å². The van der Waals surface area contributed by atoms with Gasteiger partial charge in [0.1, 0.15) is 18.1 Å². The van der Waals surface area contributed by atoms with Crippen LogP contribution in [-0.2, 0) is 20.9 Å². The molecule has 2 rings (SSSR count). The molecule has 1 aromatic rings. The lowest BCUT2D eigenvalue weighted by Gasteiger charge is -2.21. The van der Waals surface area contributed by atoms with Crippen molar-refractivity contribution in [3.63, 3.8) is 0 Å². The number of ether oxygens (including phenoxy) is 2. The third-order valence-electron chi connectivity index (χ3n) is 2.95. The van der Waals surface area contributed by atoms with Gasteiger partial charge in [0.05, 0.1) is 13.2 Å². The lowest BCUT2D eigenvalue weighted by molar-refractivity contribution is 0.178. The first-order valence-corrected chi connectivity index (χ1v) is 6.14. The molecule has 0 amide bonds. The molecule has 0 saturated carbocycles. The van der Waals surface area contributed by atoms with Crippen LogP contribution >= 0.6 is 0 Å². The molecular weight excluding hydrogens is 256 g/mol. The summed E-state index contributed by atoms with van der Waals surface area (Å²) < 4.78 is 10.9. The summed E-state index contributed by atoms with van der Waals surface area (Å²) in [6.07, 6.45) is 3.45. The largest absolute Gasteiger partial charge is 0.492 e. The monoisotopic (exact) mass is 272 g/mol. The molecule has 1 atom stereocenters. The van der Waals surface area contributed by atoms with E-state index in [0.717, 1.165) is 5.56 Å². The average molecular weight is 272 g/mol. The zero-order valence-electron chi connectivity index (χ0n) is 11.1. The number of allylic oxidation sites excluding steroid dienone is 1. The van der Waals surface area contributed by atoms with E-state index in [1.54, 1.807) is 12.2 Å². The molecular formula is C15H16N2O3. The van der Waals surface area contributed by atoms with Crippen molar-refractivity contribution in [2.45, 2.75) is 12.6 Å². The molecule has 0 bridgehead atoms. The summed E-state index contributed by atoms with van der Waals surface area (Å²) in [4.78, 5) is 11.1. The minimum atomic E-state index is -0.425. The number of nitrogens with two attached hydrogens (primary N) is 1. The van der Waals surface area contributed by atoms with Gasteiger partial charge in [-0.2, -0.15) is 0 Å². The summed E-state index contributed by atoms with van der Waals surface area (Å²) >= 11 is 0. The molecule has 0 heterocycles. The predicted octanol–water partition coefficient (Wildman–Crippen LogP) is 1.22. The Hall–Kier alpha value is -2.33. The summed E-state index contributed by atoms with van der Waals surface area (Å²) in [5.74, 6) is 8.06. The first-order valence-electron chi connectivity index (χ1n) is 6.14. The van der Waals surface area contributed by atoms with E-state index in [1.165, 1.54) is 7.11 Å². The number of nitrogens with one attached hydrogen (secondary N) is 1. The van der Waals surface area contributed by atoms with Crippen LogP contribution in [0, 0.1) is 0 Å². The number of carbonyl (C=O) groups excluding carboxylic acids is 1. The van der Waals surface area contributed by atoms with E-state index in [2.05, 4.69) is 5.43 Å². The normalized spacial score (nSPS) is 17.9. The minimum Gasteiger partial charge on any atom is -0.492 e. The molecule has 0 fully saturated rings. The number of methoxy groups -OCH3 is 1. The Bertz CT molecular complexity index is 572. The fourth-order valence-electron chi connectivity index (χ4n) is 1.94. The van der Waals surface area contributed by atoms with Gasteiger partial charge in [-0.1, -0.05) is 36.4 Å². The Morgan fingerprint density at radius 1 is 1.35 bits per heavy atom. The highest BCUT2D eigenvalue weighted by Gasteiger charge is 2.24. The van der Waals surface area contributed by atoms with Crippen LogP contribution in [0.1, 0.15) is 5.56 Å². The van der Waals surface area contributed by atoms with E-state index in [-0.39, 0.29) is 0 Å². The summed E-state index contributed by atoms with van der Waals surface area (Å²) in [6, 6.07) is 9.31. The van der Waals surface area contributed by atoms with E-state index in [1.807, 2.05) is 36.3 Å². The molecule has 5 nitrogen and oxygen atoms in total. The van der Waals surface area contributed by atoms with Crippen molar-refractivity contribution < 1.29 is 14.3 Å². The molecule has 0 spiro atoms. The molecule has 104 valence electrons. The van der Waals surface area contributed by atoms with Crippen molar-refractivity contribution in [2.24, 2.45) is 5.84 Å². The van der Waals surface area contributed by atoms with Crippen LogP contribution in [0.2, 0.25) is 0 Å². The molecule has 5 heteroatoms. The predicted molar refractivity (Wildman–Crippen MR) is 74.7 cm³/mol. The van der Waals surface area contributed by atoms with Crippen molar-refractivity contribution in [3.05, 3.63) is 65.1 Å². The Morgan fingerprint density at radius 3 is 2.70 bits per heavy atom. The average Bonchev–Trinajstić information content (AvgIpc) is 2.52. The van der Waals surface area contributed by atoms with Crippen molar-refractivity contribution in [2.75, 3.05) is 7.11 Å². The third kappa shape index (κ3) is 2.97. The fraction of sp³-hybridized carbons (Fsp3) is 0.200. The highest BCUT2D eigenvalue weighted by molar-refractivity contribution is 5.65. The Morgan fingerprint density at radius 2 is 2.10 bits per heavy atom. The van der Waals surface area contributed by atoms with E-state index < -0.39 is 6.04 Å². The third-order valence-corrected chi connectivity index (χ3v) is 2.95. The molecule has 1 aromatic carbocycles. The van der Waals surface area contributed by atoms with Gasteiger partial charge in [-0.15, -0.1) is 0 Å². The van der Waals surface area contributed by atoms with Gasteiger partial charge in [0.25, 0.3) is 0 Å². The van der Waals surface area contributed by atoms with Crippen LogP contribution in [0.4, 0.5) is 0 Å². The summed E-state index contributed by atoms with van der Waals surface area (Å²) in [5.41, 5.74) is 3.83. The van der Waals surface area contributed by atoms with Crippen LogP contribution in [0.15, 0.2) is 59.6 Å². The Balaban J connectivity index is 2.19. The number of benzene rings is 1. The molecule has 0 aliphatic heterocycles. The molecule has 20 heavy (non-hydrogen) atoms. The van der Waals surface area contributed by atoms with Crippen LogP contribution in [0.5, 0.6) is 0 Å². The summed E-state index contributed by atoms with van der Waals surface area (Å²) in [6.45, 7) is 0.389. The zero-order valence-corrected chi connectivity index (χ0v) is 11.1. The van der Waals surface area contributed by atoms with E-state index in [0.29, 0.717) is 23.7 Å². The van der Waals surface area contributed by atoms with Crippen LogP contribution < -0.4 is 11.3 Å². The molecule has 1 aliphatic rings. The van der Waals surface area contributed by atoms with Gasteiger partial charge in [0.2, 0.25) is 0 Å². The van der Waals surface area contributed by atoms with Gasteiger partial charge in [0.15, 0.2) is 11.5 Å².